The lowest BCUT2D eigenvalue weighted by molar-refractivity contribution is -0.00506. The Balaban J connectivity index is 2.25. The Kier molecular flexibility index (Phi) is 6.32. The van der Waals surface area contributed by atoms with Crippen LogP contribution in [0.5, 0.6) is 0 Å². The predicted octanol–water partition coefficient (Wildman–Crippen LogP) is 1.87. The highest BCUT2D eigenvalue weighted by atomic mass is 16.5. The van der Waals surface area contributed by atoms with E-state index in [-0.39, 0.29) is 0 Å². The van der Waals surface area contributed by atoms with E-state index >= 15 is 0 Å². The van der Waals surface area contributed by atoms with E-state index in [0.717, 1.165) is 19.6 Å². The highest BCUT2D eigenvalue weighted by Gasteiger charge is 2.22. The van der Waals surface area contributed by atoms with Gasteiger partial charge in [0.25, 0.3) is 0 Å². The first kappa shape index (κ1) is 13.9. The molecule has 0 amide bonds. The molecule has 1 rings (SSSR count). The summed E-state index contributed by atoms with van der Waals surface area (Å²) < 4.78 is 5.76. The predicted molar refractivity (Wildman–Crippen MR) is 68.8 cm³/mol. The van der Waals surface area contributed by atoms with Crippen molar-refractivity contribution >= 4 is 0 Å². The van der Waals surface area contributed by atoms with E-state index in [1.54, 1.807) is 0 Å². The summed E-state index contributed by atoms with van der Waals surface area (Å²) in [5.74, 6) is 0. The average molecular weight is 228 g/mol. The van der Waals surface area contributed by atoms with Crippen molar-refractivity contribution in [3.63, 3.8) is 0 Å². The number of nitrogens with zero attached hydrogens (tertiary/aromatic N) is 1. The highest BCUT2D eigenvalue weighted by Crippen LogP contribution is 2.18. The monoisotopic (exact) mass is 228 g/mol. The van der Waals surface area contributed by atoms with Crippen LogP contribution in [0.1, 0.15) is 39.5 Å². The molecule has 1 N–H and O–H groups in total. The molecule has 1 aliphatic heterocycles. The zero-order valence-corrected chi connectivity index (χ0v) is 11.3. The first-order chi connectivity index (χ1) is 7.61. The molecule has 96 valence electrons. The van der Waals surface area contributed by atoms with E-state index in [4.69, 9.17) is 4.74 Å². The number of rotatable bonds is 6. The summed E-state index contributed by atoms with van der Waals surface area (Å²) in [6.07, 6.45) is 5.27. The van der Waals surface area contributed by atoms with E-state index in [2.05, 4.69) is 38.2 Å². The van der Waals surface area contributed by atoms with Gasteiger partial charge in [0.1, 0.15) is 0 Å². The third kappa shape index (κ3) is 5.28. The molecule has 3 atom stereocenters. The second-order valence-corrected chi connectivity index (χ2v) is 5.33. The maximum absolute atomic E-state index is 5.76. The van der Waals surface area contributed by atoms with Crippen molar-refractivity contribution in [2.75, 3.05) is 27.2 Å². The molecule has 0 aromatic heterocycles. The lowest BCUT2D eigenvalue weighted by Crippen LogP contribution is -2.46. The molecule has 0 aliphatic carbocycles. The molecule has 0 aromatic carbocycles. The fourth-order valence-corrected chi connectivity index (χ4v) is 2.56. The van der Waals surface area contributed by atoms with Crippen molar-refractivity contribution in [1.29, 1.82) is 0 Å². The molecule has 0 spiro atoms. The van der Waals surface area contributed by atoms with Crippen molar-refractivity contribution in [3.8, 4) is 0 Å². The number of nitrogens with one attached hydrogen (secondary N) is 1. The smallest absolute Gasteiger partial charge is 0.0589 e. The minimum atomic E-state index is 0.489. The number of likely N-dealkylation sites (N-methyl/N-ethyl adjacent to an activating group) is 1. The van der Waals surface area contributed by atoms with Gasteiger partial charge in [-0.1, -0.05) is 13.3 Å². The molecule has 0 radical (unpaired) electrons. The number of hydrogen-bond donors (Lipinski definition) is 1. The summed E-state index contributed by atoms with van der Waals surface area (Å²) in [7, 11) is 4.25. The van der Waals surface area contributed by atoms with Crippen LogP contribution >= 0.6 is 0 Å². The van der Waals surface area contributed by atoms with Crippen LogP contribution in [0.3, 0.4) is 0 Å². The molecule has 16 heavy (non-hydrogen) atoms. The van der Waals surface area contributed by atoms with Gasteiger partial charge in [-0.25, -0.2) is 0 Å². The number of hydrogen-bond acceptors (Lipinski definition) is 3. The van der Waals surface area contributed by atoms with E-state index in [1.165, 1.54) is 19.3 Å². The van der Waals surface area contributed by atoms with Crippen LogP contribution in [0.25, 0.3) is 0 Å². The van der Waals surface area contributed by atoms with Gasteiger partial charge in [0, 0.05) is 25.2 Å². The minimum Gasteiger partial charge on any atom is -0.378 e. The van der Waals surface area contributed by atoms with E-state index in [0.29, 0.717) is 18.2 Å². The summed E-state index contributed by atoms with van der Waals surface area (Å²) in [5.41, 5.74) is 0. The van der Waals surface area contributed by atoms with Gasteiger partial charge < -0.3 is 15.0 Å². The van der Waals surface area contributed by atoms with Gasteiger partial charge in [0.2, 0.25) is 0 Å². The van der Waals surface area contributed by atoms with Crippen LogP contribution in [0.15, 0.2) is 0 Å². The van der Waals surface area contributed by atoms with Crippen LogP contribution in [-0.2, 0) is 4.74 Å². The van der Waals surface area contributed by atoms with Crippen molar-refractivity contribution in [1.82, 2.24) is 10.2 Å². The van der Waals surface area contributed by atoms with Crippen LogP contribution in [0.4, 0.5) is 0 Å². The molecular formula is C13H28N2O. The fraction of sp³-hybridized carbons (Fsp3) is 1.00. The Bertz CT molecular complexity index is 183. The first-order valence-corrected chi connectivity index (χ1v) is 6.64. The van der Waals surface area contributed by atoms with Gasteiger partial charge in [-0.3, -0.25) is 0 Å². The van der Waals surface area contributed by atoms with Gasteiger partial charge >= 0.3 is 0 Å². The van der Waals surface area contributed by atoms with E-state index < -0.39 is 0 Å². The topological polar surface area (TPSA) is 24.5 Å². The van der Waals surface area contributed by atoms with Crippen molar-refractivity contribution in [2.45, 2.75) is 57.7 Å². The summed E-state index contributed by atoms with van der Waals surface area (Å²) >= 11 is 0. The molecule has 0 bridgehead atoms. The second kappa shape index (κ2) is 7.25. The molecule has 3 nitrogen and oxygen atoms in total. The zero-order valence-electron chi connectivity index (χ0n) is 11.3. The first-order valence-electron chi connectivity index (χ1n) is 6.64. The van der Waals surface area contributed by atoms with E-state index in [9.17, 15) is 0 Å². The highest BCUT2D eigenvalue weighted by molar-refractivity contribution is 4.79. The summed E-state index contributed by atoms with van der Waals surface area (Å²) in [4.78, 5) is 2.24. The van der Waals surface area contributed by atoms with Gasteiger partial charge in [-0.05, 0) is 40.3 Å². The normalized spacial score (nSPS) is 28.3. The molecule has 1 fully saturated rings. The molecular weight excluding hydrogens is 200 g/mol. The standard InChI is InChI=1S/C13H28N2O/c1-5-6-13-9-12(7-8-16-13)14-11(2)10-15(3)4/h11-14H,5-10H2,1-4H3. The third-order valence-electron chi connectivity index (χ3n) is 3.14. The van der Waals surface area contributed by atoms with Crippen molar-refractivity contribution in [3.05, 3.63) is 0 Å². The summed E-state index contributed by atoms with van der Waals surface area (Å²) in [6, 6.07) is 1.22. The fourth-order valence-electron chi connectivity index (χ4n) is 2.56. The maximum atomic E-state index is 5.76. The molecule has 1 saturated heterocycles. The quantitative estimate of drug-likeness (QED) is 0.751. The average Bonchev–Trinajstić information content (AvgIpc) is 2.17. The molecule has 0 aromatic rings. The van der Waals surface area contributed by atoms with Crippen LogP contribution in [0.2, 0.25) is 0 Å². The minimum absolute atomic E-state index is 0.489. The van der Waals surface area contributed by atoms with E-state index in [1.807, 2.05) is 0 Å². The molecule has 3 heteroatoms. The zero-order chi connectivity index (χ0) is 12.0. The molecule has 0 saturated carbocycles. The molecule has 1 heterocycles. The van der Waals surface area contributed by atoms with Crippen molar-refractivity contribution in [2.24, 2.45) is 0 Å². The third-order valence-corrected chi connectivity index (χ3v) is 3.14. The molecule has 1 aliphatic rings. The Morgan fingerprint density at radius 1 is 1.44 bits per heavy atom. The summed E-state index contributed by atoms with van der Waals surface area (Å²) in [6.45, 7) is 6.53. The second-order valence-electron chi connectivity index (χ2n) is 5.33. The van der Waals surface area contributed by atoms with Crippen LogP contribution in [0, 0.1) is 0 Å². The Labute approximate surface area is 101 Å². The number of ether oxygens (including phenoxy) is 1. The van der Waals surface area contributed by atoms with Crippen LogP contribution in [-0.4, -0.2) is 50.3 Å². The largest absolute Gasteiger partial charge is 0.378 e. The van der Waals surface area contributed by atoms with Gasteiger partial charge in [-0.2, -0.15) is 0 Å². The Morgan fingerprint density at radius 3 is 2.81 bits per heavy atom. The lowest BCUT2D eigenvalue weighted by atomic mass is 9.99. The molecule has 3 unspecified atom stereocenters. The summed E-state index contributed by atoms with van der Waals surface area (Å²) in [5, 5.41) is 3.72. The van der Waals surface area contributed by atoms with Gasteiger partial charge in [-0.15, -0.1) is 0 Å². The Morgan fingerprint density at radius 2 is 2.19 bits per heavy atom. The van der Waals surface area contributed by atoms with Crippen LogP contribution < -0.4 is 5.32 Å². The Hall–Kier alpha value is -0.120. The van der Waals surface area contributed by atoms with Gasteiger partial charge in [0.05, 0.1) is 6.10 Å². The lowest BCUT2D eigenvalue weighted by Gasteiger charge is -2.32. The SMILES string of the molecule is CCCC1CC(NC(C)CN(C)C)CCO1. The maximum Gasteiger partial charge on any atom is 0.0589 e. The van der Waals surface area contributed by atoms with Gasteiger partial charge in [0.15, 0.2) is 0 Å². The van der Waals surface area contributed by atoms with Crippen molar-refractivity contribution < 1.29 is 4.74 Å².